The number of aryl methyl sites for hydroxylation is 2. The number of unbranched alkanes of at least 4 members (excludes halogenated alkanes) is 14. The topological polar surface area (TPSA) is 25.3 Å². The first-order chi connectivity index (χ1) is 24.0. The Kier molecular flexibility index (Phi) is 24.4. The van der Waals surface area contributed by atoms with E-state index in [1.807, 2.05) is 14.4 Å². The second-order valence-corrected chi connectivity index (χ2v) is 15.7. The summed E-state index contributed by atoms with van der Waals surface area (Å²) in [5.41, 5.74) is 20.7. The van der Waals surface area contributed by atoms with Crippen molar-refractivity contribution in [3.05, 3.63) is 87.5 Å². The Morgan fingerprint density at radius 3 is 1.29 bits per heavy atom. The van der Waals surface area contributed by atoms with Gasteiger partial charge in [0.1, 0.15) is 0 Å². The SMILES string of the molecule is CCCCCC1=C(c2ccc(CCCC)cc2)[N+](=[N-])C(c2ccc(CCCC)cc2)=C1C.CCCCCCC[CH2][Ni][CH2]CCCCCCC. The third-order valence-corrected chi connectivity index (χ3v) is 11.2. The van der Waals surface area contributed by atoms with Gasteiger partial charge in [-0.1, -0.05) is 70.7 Å². The molecule has 0 amide bonds. The fourth-order valence-corrected chi connectivity index (χ4v) is 7.82. The molecule has 2 aromatic rings. The predicted molar refractivity (Wildman–Crippen MR) is 214 cm³/mol. The summed E-state index contributed by atoms with van der Waals surface area (Å²) >= 11 is 2.01. The molecule has 0 saturated heterocycles. The van der Waals surface area contributed by atoms with E-state index < -0.39 is 0 Å². The fourth-order valence-electron chi connectivity index (χ4n) is 6.59. The summed E-state index contributed by atoms with van der Waals surface area (Å²) in [5, 5.41) is 2.85. The summed E-state index contributed by atoms with van der Waals surface area (Å²) in [5.74, 6) is 0. The van der Waals surface area contributed by atoms with Gasteiger partial charge in [0.2, 0.25) is 11.4 Å². The molecule has 0 fully saturated rings. The van der Waals surface area contributed by atoms with Crippen molar-refractivity contribution >= 4 is 11.4 Å². The Bertz CT molecular complexity index is 1190. The van der Waals surface area contributed by atoms with E-state index in [0.717, 1.165) is 48.2 Å². The average molecular weight is 714 g/mol. The van der Waals surface area contributed by atoms with Gasteiger partial charge in [-0.15, -0.1) is 0 Å². The van der Waals surface area contributed by atoms with E-state index in [2.05, 4.69) is 90.1 Å². The summed E-state index contributed by atoms with van der Waals surface area (Å²) in [6.07, 6.45) is 29.0. The van der Waals surface area contributed by atoms with Gasteiger partial charge in [-0.05, 0) is 80.8 Å². The molecule has 3 heteroatoms. The van der Waals surface area contributed by atoms with Crippen molar-refractivity contribution in [2.24, 2.45) is 0 Å². The van der Waals surface area contributed by atoms with E-state index in [9.17, 15) is 5.53 Å². The number of hydrogen-bond acceptors (Lipinski definition) is 0. The van der Waals surface area contributed by atoms with Crippen LogP contribution in [0.2, 0.25) is 10.8 Å². The minimum absolute atomic E-state index is 0.934. The molecule has 0 saturated carbocycles. The number of benzene rings is 2. The molecule has 0 aromatic heterocycles. The summed E-state index contributed by atoms with van der Waals surface area (Å²) in [6, 6.07) is 17.6. The second-order valence-electron chi connectivity index (χ2n) is 14.2. The quantitative estimate of drug-likeness (QED) is 0.0527. The van der Waals surface area contributed by atoms with E-state index in [-0.39, 0.29) is 0 Å². The molecular formula is C46H74N2Ni. The van der Waals surface area contributed by atoms with Gasteiger partial charge in [0.15, 0.2) is 0 Å². The van der Waals surface area contributed by atoms with Gasteiger partial charge in [-0.25, -0.2) is 4.70 Å². The Hall–Kier alpha value is -1.99. The van der Waals surface area contributed by atoms with Gasteiger partial charge < -0.3 is 5.53 Å². The zero-order chi connectivity index (χ0) is 35.5. The first-order valence-electron chi connectivity index (χ1n) is 20.6. The van der Waals surface area contributed by atoms with Crippen LogP contribution in [0.3, 0.4) is 0 Å². The molecular weight excluding hydrogens is 639 g/mol. The number of allylic oxidation sites excluding steroid dienone is 2. The summed E-state index contributed by atoms with van der Waals surface area (Å²) in [7, 11) is 0. The van der Waals surface area contributed by atoms with Gasteiger partial charge in [0, 0.05) is 22.3 Å². The van der Waals surface area contributed by atoms with E-state index in [1.54, 1.807) is 0 Å². The van der Waals surface area contributed by atoms with Crippen LogP contribution >= 0.6 is 0 Å². The van der Waals surface area contributed by atoms with Crippen LogP contribution in [0.4, 0.5) is 0 Å². The van der Waals surface area contributed by atoms with Crippen molar-refractivity contribution in [1.29, 1.82) is 0 Å². The summed E-state index contributed by atoms with van der Waals surface area (Å²) in [4.78, 5) is 0. The van der Waals surface area contributed by atoms with Crippen LogP contribution in [0.25, 0.3) is 16.9 Å². The third-order valence-electron chi connectivity index (χ3n) is 9.79. The molecule has 2 aromatic carbocycles. The van der Waals surface area contributed by atoms with Crippen LogP contribution in [-0.4, -0.2) is 4.70 Å². The fraction of sp³-hybridized carbons (Fsp3) is 0.652. The van der Waals surface area contributed by atoms with Gasteiger partial charge in [-0.3, -0.25) is 0 Å². The molecule has 0 spiro atoms. The van der Waals surface area contributed by atoms with E-state index in [4.69, 9.17) is 0 Å². The van der Waals surface area contributed by atoms with E-state index >= 15 is 0 Å². The average Bonchev–Trinajstić information content (AvgIpc) is 3.37. The maximum absolute atomic E-state index is 11.4. The van der Waals surface area contributed by atoms with Crippen LogP contribution in [-0.2, 0) is 27.3 Å². The van der Waals surface area contributed by atoms with Crippen LogP contribution in [0, 0.1) is 0 Å². The van der Waals surface area contributed by atoms with E-state index in [0.29, 0.717) is 0 Å². The molecule has 0 aliphatic carbocycles. The third kappa shape index (κ3) is 16.7. The van der Waals surface area contributed by atoms with Gasteiger partial charge >= 0.3 is 116 Å². The molecule has 1 heterocycles. The number of rotatable bonds is 26. The van der Waals surface area contributed by atoms with Crippen LogP contribution in [0.5, 0.6) is 0 Å². The molecule has 0 bridgehead atoms. The monoisotopic (exact) mass is 713 g/mol. The standard InChI is InChI=1S/C30H40N2.2C8H17.Ni/c1-5-8-11-14-28-23(4)29(26-19-15-24(16-20-26)12-9-6-2)32(31)30(28)27-21-17-25(18-22-27)13-10-7-3;2*1-3-5-7-8-6-4-2;/h15-22H,5-14H2,1-4H3;2*1,3-8H2,2H3;. The molecule has 3 rings (SSSR count). The van der Waals surface area contributed by atoms with Crippen molar-refractivity contribution < 1.29 is 19.1 Å². The molecule has 1 aliphatic rings. The molecule has 1 aliphatic heterocycles. The van der Waals surface area contributed by atoms with E-state index in [1.165, 1.54) is 153 Å². The Labute approximate surface area is 310 Å². The minimum atomic E-state index is 0.934. The predicted octanol–water partition coefficient (Wildman–Crippen LogP) is 15.8. The first-order valence-corrected chi connectivity index (χ1v) is 22.0. The Morgan fingerprint density at radius 2 is 0.837 bits per heavy atom. The van der Waals surface area contributed by atoms with Crippen molar-refractivity contribution in [2.75, 3.05) is 0 Å². The van der Waals surface area contributed by atoms with Crippen molar-refractivity contribution in [3.63, 3.8) is 0 Å². The molecule has 0 unspecified atom stereocenters. The molecule has 278 valence electrons. The van der Waals surface area contributed by atoms with Gasteiger partial charge in [-0.2, -0.15) is 0 Å². The Morgan fingerprint density at radius 1 is 0.449 bits per heavy atom. The van der Waals surface area contributed by atoms with Crippen LogP contribution in [0.15, 0.2) is 59.7 Å². The van der Waals surface area contributed by atoms with Crippen molar-refractivity contribution in [2.45, 2.75) is 194 Å². The molecule has 0 atom stereocenters. The molecule has 49 heavy (non-hydrogen) atoms. The maximum atomic E-state index is 11.4. The normalized spacial score (nSPS) is 13.1. The number of hydrogen-bond donors (Lipinski definition) is 0. The Balaban J connectivity index is 0.000000417. The summed E-state index contributed by atoms with van der Waals surface area (Å²) < 4.78 is 1.46. The first kappa shape index (κ1) is 43.2. The zero-order valence-corrected chi connectivity index (χ0v) is 33.8. The van der Waals surface area contributed by atoms with Gasteiger partial charge in [0.25, 0.3) is 0 Å². The molecule has 2 nitrogen and oxygen atoms in total. The molecule has 0 radical (unpaired) electrons. The van der Waals surface area contributed by atoms with Crippen molar-refractivity contribution in [3.8, 4) is 0 Å². The summed E-state index contributed by atoms with van der Waals surface area (Å²) in [6.45, 7) is 13.5. The van der Waals surface area contributed by atoms with Crippen molar-refractivity contribution in [1.82, 2.24) is 0 Å². The van der Waals surface area contributed by atoms with Crippen LogP contribution in [0.1, 0.15) is 192 Å². The molecule has 0 N–H and O–H groups in total. The number of nitrogens with zero attached hydrogens (tertiary/aromatic N) is 2. The van der Waals surface area contributed by atoms with Gasteiger partial charge in [0.05, 0.1) is 0 Å². The van der Waals surface area contributed by atoms with Crippen LogP contribution < -0.4 is 0 Å². The second kappa shape index (κ2) is 27.7. The zero-order valence-electron chi connectivity index (χ0n) is 32.8.